The highest BCUT2D eigenvalue weighted by atomic mass is 32.2. The van der Waals surface area contributed by atoms with E-state index >= 15 is 0 Å². The van der Waals surface area contributed by atoms with Gasteiger partial charge in [-0.3, -0.25) is 0 Å². The van der Waals surface area contributed by atoms with Crippen molar-refractivity contribution in [3.8, 4) is 0 Å². The third kappa shape index (κ3) is 3.78. The Hall–Kier alpha value is -1.44. The van der Waals surface area contributed by atoms with Crippen molar-refractivity contribution in [1.29, 1.82) is 0 Å². The molecular weight excluding hydrogens is 276 g/mol. The zero-order chi connectivity index (χ0) is 14.8. The summed E-state index contributed by atoms with van der Waals surface area (Å²) in [6.07, 6.45) is 0. The van der Waals surface area contributed by atoms with Crippen LogP contribution in [0.1, 0.15) is 46.3 Å². The quantitative estimate of drug-likeness (QED) is 0.783. The van der Waals surface area contributed by atoms with E-state index in [2.05, 4.69) is 60.3 Å². The van der Waals surface area contributed by atoms with E-state index in [0.717, 1.165) is 17.5 Å². The number of rotatable bonds is 5. The molecule has 0 N–H and O–H groups in total. The van der Waals surface area contributed by atoms with Crippen molar-refractivity contribution in [2.24, 2.45) is 5.92 Å². The number of nitrogens with zero attached hydrogens (tertiary/aromatic N) is 6. The first kappa shape index (κ1) is 15.0. The Morgan fingerprint density at radius 1 is 1.30 bits per heavy atom. The molecule has 0 fully saturated rings. The summed E-state index contributed by atoms with van der Waals surface area (Å²) in [6, 6.07) is 0. The summed E-state index contributed by atoms with van der Waals surface area (Å²) in [5, 5.41) is 16.5. The van der Waals surface area contributed by atoms with Crippen molar-refractivity contribution in [3.05, 3.63) is 11.7 Å². The number of hydrogen-bond donors (Lipinski definition) is 0. The second-order valence-electron chi connectivity index (χ2n) is 6.09. The molecule has 7 nitrogen and oxygen atoms in total. The minimum Gasteiger partial charge on any atom is -0.338 e. The van der Waals surface area contributed by atoms with Crippen LogP contribution in [0.5, 0.6) is 0 Å². The van der Waals surface area contributed by atoms with Gasteiger partial charge in [-0.15, -0.1) is 5.10 Å². The van der Waals surface area contributed by atoms with E-state index in [1.807, 2.05) is 0 Å². The Balaban J connectivity index is 1.99. The summed E-state index contributed by atoms with van der Waals surface area (Å²) in [5.41, 5.74) is -0.106. The Morgan fingerprint density at radius 3 is 2.65 bits per heavy atom. The van der Waals surface area contributed by atoms with Crippen molar-refractivity contribution in [3.63, 3.8) is 0 Å². The van der Waals surface area contributed by atoms with E-state index in [9.17, 15) is 0 Å². The summed E-state index contributed by atoms with van der Waals surface area (Å²) in [4.78, 5) is 4.40. The molecule has 110 valence electrons. The minimum absolute atomic E-state index is 0.106. The van der Waals surface area contributed by atoms with Crippen LogP contribution in [0.25, 0.3) is 0 Å². The monoisotopic (exact) mass is 296 g/mol. The molecule has 0 saturated heterocycles. The molecule has 0 aliphatic rings. The summed E-state index contributed by atoms with van der Waals surface area (Å²) in [7, 11) is 0. The van der Waals surface area contributed by atoms with Gasteiger partial charge in [-0.2, -0.15) is 4.98 Å². The van der Waals surface area contributed by atoms with Gasteiger partial charge < -0.3 is 4.52 Å². The van der Waals surface area contributed by atoms with Crippen LogP contribution in [0.4, 0.5) is 0 Å². The van der Waals surface area contributed by atoms with E-state index in [1.54, 1.807) is 4.68 Å². The maximum Gasteiger partial charge on any atom is 0.237 e. The van der Waals surface area contributed by atoms with Crippen molar-refractivity contribution in [2.45, 2.75) is 57.5 Å². The fraction of sp³-hybridized carbons (Fsp3) is 0.750. The standard InChI is InChI=1S/C12H20N6OS/c1-8(2)6-18-11(14-16-17-18)20-7-9-13-10(15-19-9)12(3,4)5/h8H,6-7H2,1-5H3. The molecule has 2 aromatic heterocycles. The van der Waals surface area contributed by atoms with Crippen molar-refractivity contribution >= 4 is 11.8 Å². The molecular formula is C12H20N6OS. The number of tetrazole rings is 1. The van der Waals surface area contributed by atoms with E-state index in [4.69, 9.17) is 4.52 Å². The van der Waals surface area contributed by atoms with Crippen molar-refractivity contribution in [1.82, 2.24) is 30.3 Å². The molecule has 0 atom stereocenters. The molecule has 0 aromatic carbocycles. The van der Waals surface area contributed by atoms with Gasteiger partial charge in [0.25, 0.3) is 0 Å². The Kier molecular flexibility index (Phi) is 4.42. The molecule has 0 aliphatic heterocycles. The Morgan fingerprint density at radius 2 is 2.05 bits per heavy atom. The van der Waals surface area contributed by atoms with E-state index in [-0.39, 0.29) is 5.41 Å². The molecule has 0 aliphatic carbocycles. The van der Waals surface area contributed by atoms with E-state index in [1.165, 1.54) is 11.8 Å². The average Bonchev–Trinajstić information content (AvgIpc) is 2.93. The fourth-order valence-electron chi connectivity index (χ4n) is 1.50. The topological polar surface area (TPSA) is 82.5 Å². The van der Waals surface area contributed by atoms with Gasteiger partial charge in [-0.25, -0.2) is 4.68 Å². The molecule has 0 unspecified atom stereocenters. The first-order chi connectivity index (χ1) is 9.36. The lowest BCUT2D eigenvalue weighted by atomic mass is 9.96. The Bertz CT molecular complexity index is 556. The highest BCUT2D eigenvalue weighted by molar-refractivity contribution is 7.98. The van der Waals surface area contributed by atoms with Gasteiger partial charge in [-0.05, 0) is 16.3 Å². The second kappa shape index (κ2) is 5.90. The number of hydrogen-bond acceptors (Lipinski definition) is 7. The lowest BCUT2D eigenvalue weighted by molar-refractivity contribution is 0.372. The van der Waals surface area contributed by atoms with Gasteiger partial charge in [0.15, 0.2) is 5.82 Å². The molecule has 2 rings (SSSR count). The number of thioether (sulfide) groups is 1. The van der Waals surface area contributed by atoms with Crippen LogP contribution in [0.3, 0.4) is 0 Å². The normalized spacial score (nSPS) is 12.3. The zero-order valence-corrected chi connectivity index (χ0v) is 13.3. The van der Waals surface area contributed by atoms with Crippen molar-refractivity contribution < 1.29 is 4.52 Å². The van der Waals surface area contributed by atoms with Gasteiger partial charge in [0, 0.05) is 12.0 Å². The van der Waals surface area contributed by atoms with Crippen LogP contribution in [0, 0.1) is 5.92 Å². The third-order valence-electron chi connectivity index (χ3n) is 2.50. The molecule has 0 amide bonds. The highest BCUT2D eigenvalue weighted by Gasteiger charge is 2.21. The lowest BCUT2D eigenvalue weighted by Gasteiger charge is -2.10. The average molecular weight is 296 g/mol. The maximum atomic E-state index is 5.25. The molecule has 2 aromatic rings. The highest BCUT2D eigenvalue weighted by Crippen LogP contribution is 2.23. The number of aromatic nitrogens is 6. The summed E-state index contributed by atoms with van der Waals surface area (Å²) < 4.78 is 7.05. The zero-order valence-electron chi connectivity index (χ0n) is 12.5. The van der Waals surface area contributed by atoms with Crippen LogP contribution in [0.15, 0.2) is 9.68 Å². The summed E-state index contributed by atoms with van der Waals surface area (Å²) in [5.74, 6) is 2.38. The fourth-order valence-corrected chi connectivity index (χ4v) is 2.23. The third-order valence-corrected chi connectivity index (χ3v) is 3.44. The second-order valence-corrected chi connectivity index (χ2v) is 7.03. The van der Waals surface area contributed by atoms with Crippen LogP contribution in [0.2, 0.25) is 0 Å². The van der Waals surface area contributed by atoms with E-state index < -0.39 is 0 Å². The van der Waals surface area contributed by atoms with E-state index in [0.29, 0.717) is 17.6 Å². The SMILES string of the molecule is CC(C)Cn1nnnc1SCc1nc(C(C)(C)C)no1. The van der Waals surface area contributed by atoms with Gasteiger partial charge in [0.2, 0.25) is 11.0 Å². The van der Waals surface area contributed by atoms with Gasteiger partial charge in [0.1, 0.15) is 0 Å². The van der Waals surface area contributed by atoms with Crippen LogP contribution in [-0.2, 0) is 17.7 Å². The summed E-state index contributed by atoms with van der Waals surface area (Å²) >= 11 is 1.50. The molecule has 8 heteroatoms. The van der Waals surface area contributed by atoms with Gasteiger partial charge in [0.05, 0.1) is 5.75 Å². The summed E-state index contributed by atoms with van der Waals surface area (Å²) in [6.45, 7) is 11.2. The van der Waals surface area contributed by atoms with Crippen LogP contribution < -0.4 is 0 Å². The van der Waals surface area contributed by atoms with Crippen molar-refractivity contribution in [2.75, 3.05) is 0 Å². The van der Waals surface area contributed by atoms with Gasteiger partial charge in [-0.1, -0.05) is 51.5 Å². The van der Waals surface area contributed by atoms with Crippen LogP contribution in [-0.4, -0.2) is 30.3 Å². The maximum absolute atomic E-state index is 5.25. The lowest BCUT2D eigenvalue weighted by Crippen LogP contribution is -2.13. The minimum atomic E-state index is -0.106. The van der Waals surface area contributed by atoms with Gasteiger partial charge >= 0.3 is 0 Å². The first-order valence-electron chi connectivity index (χ1n) is 6.58. The Labute approximate surface area is 122 Å². The molecule has 2 heterocycles. The predicted octanol–water partition coefficient (Wildman–Crippen LogP) is 2.30. The smallest absolute Gasteiger partial charge is 0.237 e. The molecule has 0 saturated carbocycles. The molecule has 20 heavy (non-hydrogen) atoms. The first-order valence-corrected chi connectivity index (χ1v) is 7.57. The molecule has 0 radical (unpaired) electrons. The predicted molar refractivity (Wildman–Crippen MR) is 75.2 cm³/mol. The molecule has 0 spiro atoms. The molecule has 0 bridgehead atoms. The largest absolute Gasteiger partial charge is 0.338 e. The van der Waals surface area contributed by atoms with Crippen LogP contribution >= 0.6 is 11.8 Å².